The summed E-state index contributed by atoms with van der Waals surface area (Å²) in [4.78, 5) is 22.6. The molecule has 0 saturated carbocycles. The number of carbonyl (C=O) groups is 1. The van der Waals surface area contributed by atoms with Gasteiger partial charge in [-0.25, -0.2) is 0 Å². The molecule has 30 heavy (non-hydrogen) atoms. The van der Waals surface area contributed by atoms with Crippen LogP contribution < -0.4 is 10.6 Å². The van der Waals surface area contributed by atoms with E-state index in [0.29, 0.717) is 24.9 Å². The molecule has 1 amide bonds. The van der Waals surface area contributed by atoms with Crippen LogP contribution in [-0.2, 0) is 9.53 Å². The summed E-state index contributed by atoms with van der Waals surface area (Å²) in [5.74, 6) is 1.03. The van der Waals surface area contributed by atoms with E-state index in [1.807, 2.05) is 17.8 Å². The minimum Gasteiger partial charge on any atom is -0.383 e. The van der Waals surface area contributed by atoms with E-state index in [-0.39, 0.29) is 29.9 Å². The summed E-state index contributed by atoms with van der Waals surface area (Å²) in [7, 11) is 1.63. The number of benzene rings is 1. The second kappa shape index (κ2) is 15.7. The molecule has 0 aliphatic carbocycles. The minimum absolute atomic E-state index is 0. The maximum atomic E-state index is 12.0. The van der Waals surface area contributed by atoms with Crippen LogP contribution in [0.4, 0.5) is 0 Å². The Morgan fingerprint density at radius 1 is 1.20 bits per heavy atom. The Labute approximate surface area is 202 Å². The maximum absolute atomic E-state index is 12.0. The first-order valence-corrected chi connectivity index (χ1v) is 11.2. The third kappa shape index (κ3) is 10.3. The van der Waals surface area contributed by atoms with Gasteiger partial charge >= 0.3 is 0 Å². The molecule has 170 valence electrons. The van der Waals surface area contributed by atoms with Crippen molar-refractivity contribution in [2.75, 3.05) is 66.1 Å². The smallest absolute Gasteiger partial charge is 0.234 e. The lowest BCUT2D eigenvalue weighted by atomic mass is 10.3. The fraction of sp³-hybridized carbons (Fsp3) is 0.619. The molecule has 7 nitrogen and oxygen atoms in total. The predicted octanol–water partition coefficient (Wildman–Crippen LogP) is 2.13. The van der Waals surface area contributed by atoms with Crippen LogP contribution in [0.5, 0.6) is 0 Å². The number of nitrogens with one attached hydrogen (secondary N) is 2. The molecule has 1 fully saturated rings. The second-order valence-electron chi connectivity index (χ2n) is 7.04. The first-order valence-electron chi connectivity index (χ1n) is 10.3. The van der Waals surface area contributed by atoms with E-state index in [4.69, 9.17) is 9.73 Å². The van der Waals surface area contributed by atoms with Gasteiger partial charge in [0.2, 0.25) is 5.91 Å². The van der Waals surface area contributed by atoms with Crippen molar-refractivity contribution in [2.24, 2.45) is 4.99 Å². The van der Waals surface area contributed by atoms with Crippen molar-refractivity contribution in [2.45, 2.75) is 24.0 Å². The Morgan fingerprint density at radius 2 is 1.90 bits per heavy atom. The molecule has 2 rings (SSSR count). The van der Waals surface area contributed by atoms with Gasteiger partial charge in [-0.2, -0.15) is 0 Å². The summed E-state index contributed by atoms with van der Waals surface area (Å²) in [6.07, 6.45) is 0. The topological polar surface area (TPSA) is 69.2 Å². The molecule has 1 aliphatic rings. The lowest BCUT2D eigenvalue weighted by Gasteiger charge is -2.36. The highest BCUT2D eigenvalue weighted by Gasteiger charge is 2.21. The fourth-order valence-corrected chi connectivity index (χ4v) is 4.01. The molecule has 2 N–H and O–H groups in total. The Bertz CT molecular complexity index is 627. The highest BCUT2D eigenvalue weighted by molar-refractivity contribution is 14.0. The summed E-state index contributed by atoms with van der Waals surface area (Å²) in [5.41, 5.74) is 0. The lowest BCUT2D eigenvalue weighted by Crippen LogP contribution is -2.54. The third-order valence-electron chi connectivity index (χ3n) is 4.58. The van der Waals surface area contributed by atoms with Gasteiger partial charge in [-0.05, 0) is 19.1 Å². The fourth-order valence-electron chi connectivity index (χ4n) is 3.08. The van der Waals surface area contributed by atoms with Gasteiger partial charge in [-0.15, -0.1) is 35.7 Å². The normalized spacial score (nSPS) is 16.0. The zero-order chi connectivity index (χ0) is 20.9. The van der Waals surface area contributed by atoms with E-state index in [2.05, 4.69) is 58.5 Å². The number of thioether (sulfide) groups is 1. The van der Waals surface area contributed by atoms with E-state index in [9.17, 15) is 4.79 Å². The highest BCUT2D eigenvalue weighted by atomic mass is 127. The van der Waals surface area contributed by atoms with Crippen molar-refractivity contribution in [3.8, 4) is 0 Å². The van der Waals surface area contributed by atoms with Crippen molar-refractivity contribution < 1.29 is 9.53 Å². The quantitative estimate of drug-likeness (QED) is 0.153. The van der Waals surface area contributed by atoms with Crippen LogP contribution in [0.1, 0.15) is 13.8 Å². The van der Waals surface area contributed by atoms with Crippen LogP contribution in [0.3, 0.4) is 0 Å². The van der Waals surface area contributed by atoms with Gasteiger partial charge in [0.05, 0.1) is 19.7 Å². The first kappa shape index (κ1) is 27.0. The van der Waals surface area contributed by atoms with Gasteiger partial charge < -0.3 is 20.3 Å². The number of methoxy groups -OCH3 is 1. The van der Waals surface area contributed by atoms with Gasteiger partial charge in [0.15, 0.2) is 5.96 Å². The molecular weight excluding hydrogens is 513 g/mol. The summed E-state index contributed by atoms with van der Waals surface area (Å²) in [5, 5.41) is 6.70. The molecule has 1 saturated heterocycles. The van der Waals surface area contributed by atoms with Crippen LogP contribution in [0.25, 0.3) is 0 Å². The molecule has 0 aromatic heterocycles. The summed E-state index contributed by atoms with van der Waals surface area (Å²) < 4.78 is 4.96. The minimum atomic E-state index is 0. The van der Waals surface area contributed by atoms with Gasteiger partial charge in [0.1, 0.15) is 0 Å². The SMILES string of the molecule is CCNC(=NCC(C)Sc1ccccc1)N1CCN(CC(=O)NCCOC)CC1.I. The molecule has 1 atom stereocenters. The van der Waals surface area contributed by atoms with Crippen molar-refractivity contribution in [3.05, 3.63) is 30.3 Å². The number of amides is 1. The standard InChI is InChI=1S/C21H35N5O2S.HI/c1-4-22-21(24-16-18(2)29-19-8-6-5-7-9-19)26-13-11-25(12-14-26)17-20(27)23-10-15-28-3;/h5-9,18H,4,10-17H2,1-3H3,(H,22,24)(H,23,27);1H. The lowest BCUT2D eigenvalue weighted by molar-refractivity contribution is -0.122. The van der Waals surface area contributed by atoms with Crippen LogP contribution in [-0.4, -0.2) is 93.0 Å². The Morgan fingerprint density at radius 3 is 2.53 bits per heavy atom. The van der Waals surface area contributed by atoms with Crippen molar-refractivity contribution in [3.63, 3.8) is 0 Å². The van der Waals surface area contributed by atoms with Gasteiger partial charge in [-0.1, -0.05) is 25.1 Å². The van der Waals surface area contributed by atoms with Crippen LogP contribution in [0.2, 0.25) is 0 Å². The van der Waals surface area contributed by atoms with Gasteiger partial charge in [0, 0.05) is 56.5 Å². The van der Waals surface area contributed by atoms with Crippen LogP contribution >= 0.6 is 35.7 Å². The number of guanidine groups is 1. The number of rotatable bonds is 10. The van der Waals surface area contributed by atoms with E-state index >= 15 is 0 Å². The van der Waals surface area contributed by atoms with Crippen molar-refractivity contribution >= 4 is 47.6 Å². The van der Waals surface area contributed by atoms with E-state index < -0.39 is 0 Å². The summed E-state index contributed by atoms with van der Waals surface area (Å²) in [6, 6.07) is 10.5. The maximum Gasteiger partial charge on any atom is 0.234 e. The molecule has 9 heteroatoms. The number of nitrogens with zero attached hydrogens (tertiary/aromatic N) is 3. The Balaban J connectivity index is 0.00000450. The summed E-state index contributed by atoms with van der Waals surface area (Å²) >= 11 is 1.85. The van der Waals surface area contributed by atoms with Crippen molar-refractivity contribution in [1.29, 1.82) is 0 Å². The number of piperazine rings is 1. The third-order valence-corrected chi connectivity index (χ3v) is 5.68. The number of halogens is 1. The number of ether oxygens (including phenoxy) is 1. The van der Waals surface area contributed by atoms with Gasteiger partial charge in [0.25, 0.3) is 0 Å². The van der Waals surface area contributed by atoms with Crippen LogP contribution in [0.15, 0.2) is 40.2 Å². The van der Waals surface area contributed by atoms with Crippen LogP contribution in [0, 0.1) is 0 Å². The molecule has 0 radical (unpaired) electrons. The number of aliphatic imine (C=N–C) groups is 1. The average molecular weight is 550 g/mol. The number of hydrogen-bond acceptors (Lipinski definition) is 5. The molecule has 1 aliphatic heterocycles. The molecule has 0 bridgehead atoms. The monoisotopic (exact) mass is 549 g/mol. The number of hydrogen-bond donors (Lipinski definition) is 2. The molecule has 1 aromatic rings. The van der Waals surface area contributed by atoms with Crippen molar-refractivity contribution in [1.82, 2.24) is 20.4 Å². The highest BCUT2D eigenvalue weighted by Crippen LogP contribution is 2.22. The zero-order valence-corrected chi connectivity index (χ0v) is 21.4. The number of carbonyl (C=O) groups excluding carboxylic acids is 1. The molecular formula is C21H36IN5O2S. The molecule has 1 heterocycles. The molecule has 1 unspecified atom stereocenters. The molecule has 1 aromatic carbocycles. The zero-order valence-electron chi connectivity index (χ0n) is 18.3. The average Bonchev–Trinajstić information content (AvgIpc) is 2.73. The first-order chi connectivity index (χ1) is 14.1. The summed E-state index contributed by atoms with van der Waals surface area (Å²) in [6.45, 7) is 10.9. The predicted molar refractivity (Wildman–Crippen MR) is 136 cm³/mol. The molecule has 0 spiro atoms. The Hall–Kier alpha value is -1.04. The van der Waals surface area contributed by atoms with Gasteiger partial charge in [-0.3, -0.25) is 14.7 Å². The largest absolute Gasteiger partial charge is 0.383 e. The van der Waals surface area contributed by atoms with E-state index in [1.54, 1.807) is 7.11 Å². The van der Waals surface area contributed by atoms with E-state index in [0.717, 1.165) is 45.2 Å². The Kier molecular flexibility index (Phi) is 14.1. The second-order valence-corrected chi connectivity index (χ2v) is 8.55. The van der Waals surface area contributed by atoms with E-state index in [1.165, 1.54) is 4.90 Å².